The lowest BCUT2D eigenvalue weighted by Gasteiger charge is -2.34. The predicted octanol–water partition coefficient (Wildman–Crippen LogP) is 1.35. The van der Waals surface area contributed by atoms with Crippen molar-refractivity contribution in [1.29, 1.82) is 0 Å². The van der Waals surface area contributed by atoms with E-state index >= 15 is 0 Å². The molecule has 8 nitrogen and oxygen atoms in total. The first-order valence-corrected chi connectivity index (χ1v) is 10.2. The first kappa shape index (κ1) is 21.3. The molecule has 1 amide bonds. The number of nitrogens with zero attached hydrogens (tertiary/aromatic N) is 3. The average molecular weight is 402 g/mol. The summed E-state index contributed by atoms with van der Waals surface area (Å²) in [6.07, 6.45) is 1.37. The summed E-state index contributed by atoms with van der Waals surface area (Å²) in [7, 11) is 0. The van der Waals surface area contributed by atoms with E-state index in [0.29, 0.717) is 24.8 Å². The van der Waals surface area contributed by atoms with Gasteiger partial charge in [-0.1, -0.05) is 49.3 Å². The Morgan fingerprint density at radius 1 is 1.31 bits per heavy atom. The fourth-order valence-corrected chi connectivity index (χ4v) is 3.72. The molecule has 0 radical (unpaired) electrons. The zero-order valence-electron chi connectivity index (χ0n) is 17.1. The third-order valence-electron chi connectivity index (χ3n) is 5.27. The van der Waals surface area contributed by atoms with E-state index in [2.05, 4.69) is 15.4 Å². The van der Waals surface area contributed by atoms with Gasteiger partial charge in [0.1, 0.15) is 0 Å². The van der Waals surface area contributed by atoms with Gasteiger partial charge in [-0.05, 0) is 25.3 Å². The summed E-state index contributed by atoms with van der Waals surface area (Å²) >= 11 is 0. The van der Waals surface area contributed by atoms with Crippen LogP contribution in [0.15, 0.2) is 39.6 Å². The Kier molecular flexibility index (Phi) is 7.22. The molecule has 29 heavy (non-hydrogen) atoms. The summed E-state index contributed by atoms with van der Waals surface area (Å²) < 4.78 is 6.20. The molecule has 0 spiro atoms. The molecule has 0 bridgehead atoms. The minimum Gasteiger partial charge on any atom is -0.390 e. The fourth-order valence-electron chi connectivity index (χ4n) is 3.72. The molecule has 0 aliphatic carbocycles. The highest BCUT2D eigenvalue weighted by Crippen LogP contribution is 2.18. The van der Waals surface area contributed by atoms with Gasteiger partial charge in [0, 0.05) is 31.1 Å². The molecule has 158 valence electrons. The van der Waals surface area contributed by atoms with Crippen LogP contribution in [0.5, 0.6) is 0 Å². The second-order valence-electron chi connectivity index (χ2n) is 8.07. The maximum Gasteiger partial charge on any atom is 0.441 e. The van der Waals surface area contributed by atoms with Crippen molar-refractivity contribution in [2.24, 2.45) is 11.8 Å². The van der Waals surface area contributed by atoms with E-state index in [1.165, 1.54) is 4.57 Å². The molecule has 1 aliphatic rings. The van der Waals surface area contributed by atoms with Gasteiger partial charge in [0.15, 0.2) is 5.82 Å². The number of rotatable bonds is 8. The van der Waals surface area contributed by atoms with Crippen molar-refractivity contribution in [1.82, 2.24) is 19.9 Å². The Labute approximate surface area is 170 Å². The Hall–Kier alpha value is -2.45. The Morgan fingerprint density at radius 2 is 2.07 bits per heavy atom. The molecule has 2 unspecified atom stereocenters. The number of aliphatic hydroxyl groups is 1. The van der Waals surface area contributed by atoms with E-state index in [1.54, 1.807) is 0 Å². The van der Waals surface area contributed by atoms with Crippen LogP contribution in [-0.2, 0) is 11.3 Å². The van der Waals surface area contributed by atoms with Crippen LogP contribution in [0.25, 0.3) is 11.4 Å². The fraction of sp³-hybridized carbons (Fsp3) is 0.571. The number of carbonyl (C=O) groups is 1. The van der Waals surface area contributed by atoms with Gasteiger partial charge in [0.05, 0.1) is 12.6 Å². The van der Waals surface area contributed by atoms with Crippen molar-refractivity contribution in [2.45, 2.75) is 39.3 Å². The Balaban J connectivity index is 1.56. The first-order chi connectivity index (χ1) is 13.9. The maximum absolute atomic E-state index is 12.1. The number of hydrogen-bond donors (Lipinski definition) is 2. The molecular weight excluding hydrogens is 372 g/mol. The Morgan fingerprint density at radius 3 is 2.79 bits per heavy atom. The molecule has 1 aromatic heterocycles. The number of nitrogens with one attached hydrogen (secondary N) is 1. The smallest absolute Gasteiger partial charge is 0.390 e. The highest BCUT2D eigenvalue weighted by molar-refractivity contribution is 5.77. The van der Waals surface area contributed by atoms with E-state index in [1.807, 2.05) is 44.2 Å². The van der Waals surface area contributed by atoms with Gasteiger partial charge in [-0.25, -0.2) is 4.79 Å². The van der Waals surface area contributed by atoms with E-state index in [0.717, 1.165) is 31.5 Å². The summed E-state index contributed by atoms with van der Waals surface area (Å²) in [5.41, 5.74) is 0.768. The second-order valence-corrected chi connectivity index (χ2v) is 8.07. The number of carbonyl (C=O) groups excluding carboxylic acids is 1. The zero-order valence-corrected chi connectivity index (χ0v) is 17.1. The van der Waals surface area contributed by atoms with Crippen molar-refractivity contribution in [2.75, 3.05) is 26.2 Å². The average Bonchev–Trinajstić information content (AvgIpc) is 3.07. The summed E-state index contributed by atoms with van der Waals surface area (Å²) in [6, 6.07) is 9.31. The number of β-amino-alcohol motifs (C(OH)–C–C–N with tert-alkyl or cyclic N) is 1. The number of aromatic nitrogens is 2. The van der Waals surface area contributed by atoms with Gasteiger partial charge in [-0.3, -0.25) is 13.9 Å². The monoisotopic (exact) mass is 402 g/mol. The molecule has 1 aromatic carbocycles. The van der Waals surface area contributed by atoms with E-state index < -0.39 is 11.9 Å². The van der Waals surface area contributed by atoms with Crippen molar-refractivity contribution in [3.05, 3.63) is 40.9 Å². The van der Waals surface area contributed by atoms with Crippen LogP contribution in [0.2, 0.25) is 0 Å². The van der Waals surface area contributed by atoms with Crippen LogP contribution in [0.1, 0.15) is 26.7 Å². The van der Waals surface area contributed by atoms with Crippen molar-refractivity contribution >= 4 is 5.91 Å². The zero-order chi connectivity index (χ0) is 20.8. The van der Waals surface area contributed by atoms with Gasteiger partial charge in [-0.2, -0.15) is 0 Å². The van der Waals surface area contributed by atoms with E-state index in [4.69, 9.17) is 4.52 Å². The number of likely N-dealkylation sites (tertiary alicyclic amines) is 1. The highest BCUT2D eigenvalue weighted by Gasteiger charge is 2.24. The van der Waals surface area contributed by atoms with Gasteiger partial charge in [-0.15, -0.1) is 0 Å². The van der Waals surface area contributed by atoms with Crippen LogP contribution in [0, 0.1) is 11.8 Å². The van der Waals surface area contributed by atoms with E-state index in [-0.39, 0.29) is 18.4 Å². The van der Waals surface area contributed by atoms with Crippen LogP contribution >= 0.6 is 0 Å². The molecule has 2 aromatic rings. The third kappa shape index (κ3) is 5.77. The van der Waals surface area contributed by atoms with Gasteiger partial charge in [0.2, 0.25) is 5.91 Å². The highest BCUT2D eigenvalue weighted by atomic mass is 16.5. The topological polar surface area (TPSA) is 101 Å². The van der Waals surface area contributed by atoms with E-state index in [9.17, 15) is 14.7 Å². The quantitative estimate of drug-likeness (QED) is 0.691. The predicted molar refractivity (Wildman–Crippen MR) is 109 cm³/mol. The molecule has 2 N–H and O–H groups in total. The number of benzene rings is 1. The van der Waals surface area contributed by atoms with Crippen molar-refractivity contribution in [3.63, 3.8) is 0 Å². The summed E-state index contributed by atoms with van der Waals surface area (Å²) in [5.74, 6) is 0.273. The molecule has 1 fully saturated rings. The third-order valence-corrected chi connectivity index (χ3v) is 5.27. The molecule has 0 saturated carbocycles. The van der Waals surface area contributed by atoms with Gasteiger partial charge in [0.25, 0.3) is 0 Å². The lowest BCUT2D eigenvalue weighted by Crippen LogP contribution is -2.45. The molecule has 1 saturated heterocycles. The summed E-state index contributed by atoms with van der Waals surface area (Å²) in [4.78, 5) is 26.1. The van der Waals surface area contributed by atoms with Crippen molar-refractivity contribution < 1.29 is 14.4 Å². The largest absolute Gasteiger partial charge is 0.441 e. The maximum atomic E-state index is 12.1. The normalized spacial score (nSPS) is 18.7. The van der Waals surface area contributed by atoms with Crippen LogP contribution in [0.4, 0.5) is 0 Å². The summed E-state index contributed by atoms with van der Waals surface area (Å²) in [5, 5.41) is 17.5. The van der Waals surface area contributed by atoms with Crippen LogP contribution < -0.4 is 11.1 Å². The van der Waals surface area contributed by atoms with Crippen LogP contribution in [0.3, 0.4) is 0 Å². The SMILES string of the molecule is CC(C)C(=O)NCC1CCCN(CC(O)Cn2c(-c3ccccc3)noc2=O)C1. The molecular formula is C21H30N4O4. The molecule has 2 heterocycles. The molecule has 3 rings (SSSR count). The lowest BCUT2D eigenvalue weighted by molar-refractivity contribution is -0.124. The molecule has 1 aliphatic heterocycles. The number of hydrogen-bond acceptors (Lipinski definition) is 6. The number of aliphatic hydroxyl groups excluding tert-OH is 1. The molecule has 2 atom stereocenters. The second kappa shape index (κ2) is 9.84. The minimum absolute atomic E-state index is 0.0165. The Bertz CT molecular complexity index is 846. The lowest BCUT2D eigenvalue weighted by atomic mass is 9.97. The summed E-state index contributed by atoms with van der Waals surface area (Å²) in [6.45, 7) is 6.73. The molecule has 8 heteroatoms. The number of amides is 1. The van der Waals surface area contributed by atoms with Gasteiger partial charge < -0.3 is 15.3 Å². The van der Waals surface area contributed by atoms with Crippen LogP contribution in [-0.4, -0.2) is 57.9 Å². The van der Waals surface area contributed by atoms with Crippen molar-refractivity contribution in [3.8, 4) is 11.4 Å². The minimum atomic E-state index is -0.724. The number of piperidine rings is 1. The first-order valence-electron chi connectivity index (χ1n) is 10.2. The van der Waals surface area contributed by atoms with Gasteiger partial charge >= 0.3 is 5.76 Å². The standard InChI is InChI=1S/C21H30N4O4/c1-15(2)20(27)22-11-16-7-6-10-24(12-16)13-18(26)14-25-19(23-29-21(25)28)17-8-4-3-5-9-17/h3-5,8-9,15-16,18,26H,6-7,10-14H2,1-2H3,(H,22,27).